The first-order chi connectivity index (χ1) is 12.9. The Morgan fingerprint density at radius 3 is 2.21 bits per heavy atom. The van der Waals surface area contributed by atoms with Gasteiger partial charge in [-0.2, -0.15) is 0 Å². The largest absolute Gasteiger partial charge is 0.456 e. The van der Waals surface area contributed by atoms with Crippen LogP contribution in [0.25, 0.3) is 0 Å². The van der Waals surface area contributed by atoms with Crippen LogP contribution >= 0.6 is 11.8 Å². The third-order valence-corrected chi connectivity index (χ3v) is 4.51. The van der Waals surface area contributed by atoms with Gasteiger partial charge in [-0.3, -0.25) is 4.90 Å². The van der Waals surface area contributed by atoms with E-state index in [1.54, 1.807) is 53.7 Å². The van der Waals surface area contributed by atoms with Crippen molar-refractivity contribution in [2.24, 2.45) is 0 Å². The first kappa shape index (κ1) is 22.1. The lowest BCUT2D eigenvalue weighted by Crippen LogP contribution is -2.46. The maximum Gasteiger partial charge on any atom is 0.411 e. The van der Waals surface area contributed by atoms with Crippen LogP contribution in [0.2, 0.25) is 0 Å². The van der Waals surface area contributed by atoms with E-state index < -0.39 is 35.3 Å². The molecule has 1 aliphatic heterocycles. The number of esters is 2. The van der Waals surface area contributed by atoms with Gasteiger partial charge in [-0.1, -0.05) is 12.1 Å². The molecule has 8 heteroatoms. The number of para-hydroxylation sites is 1. The van der Waals surface area contributed by atoms with Crippen molar-refractivity contribution in [3.63, 3.8) is 0 Å². The van der Waals surface area contributed by atoms with Crippen molar-refractivity contribution in [2.75, 3.05) is 11.6 Å². The summed E-state index contributed by atoms with van der Waals surface area (Å²) in [7, 11) is 0. The van der Waals surface area contributed by atoms with E-state index >= 15 is 0 Å². The quantitative estimate of drug-likeness (QED) is 0.554. The highest BCUT2D eigenvalue weighted by Gasteiger charge is 2.39. The molecule has 1 amide bonds. The lowest BCUT2D eigenvalue weighted by molar-refractivity contribution is -0.138. The molecule has 1 fully saturated rings. The van der Waals surface area contributed by atoms with E-state index in [1.807, 2.05) is 0 Å². The lowest BCUT2D eigenvalue weighted by Gasteiger charge is -2.27. The van der Waals surface area contributed by atoms with E-state index in [0.29, 0.717) is 11.6 Å². The van der Waals surface area contributed by atoms with Crippen LogP contribution in [0.5, 0.6) is 5.75 Å². The van der Waals surface area contributed by atoms with Gasteiger partial charge in [0.15, 0.2) is 0 Å². The molecule has 0 aliphatic carbocycles. The van der Waals surface area contributed by atoms with Crippen LogP contribution in [0, 0.1) is 0 Å². The van der Waals surface area contributed by atoms with E-state index in [4.69, 9.17) is 14.2 Å². The maximum absolute atomic E-state index is 12.7. The second-order valence-corrected chi connectivity index (χ2v) is 9.38. The third kappa shape index (κ3) is 6.15. The summed E-state index contributed by atoms with van der Waals surface area (Å²) in [6.07, 6.45) is -0.570. The Hall–Kier alpha value is -2.22. The predicted octanol–water partition coefficient (Wildman–Crippen LogP) is 3.86. The molecule has 1 aliphatic rings. The van der Waals surface area contributed by atoms with E-state index in [-0.39, 0.29) is 11.3 Å². The van der Waals surface area contributed by atoms with Gasteiger partial charge < -0.3 is 14.2 Å². The summed E-state index contributed by atoms with van der Waals surface area (Å²) in [6.45, 7) is 10.6. The van der Waals surface area contributed by atoms with Crippen molar-refractivity contribution < 1.29 is 28.6 Å². The molecule has 0 aromatic heterocycles. The van der Waals surface area contributed by atoms with Crippen molar-refractivity contribution in [3.05, 3.63) is 29.8 Å². The topological polar surface area (TPSA) is 82.1 Å². The van der Waals surface area contributed by atoms with Crippen molar-refractivity contribution in [2.45, 2.75) is 58.8 Å². The standard InChI is InChI=1S/C20H27NO6S/c1-19(2,3)26-16(22)13-9-7-8-10-15(13)25-17(23)14-11-28-12-21(14)18(24)27-20(4,5)6/h7-10,14H,11-12H2,1-6H3/t14-/m0/s1. The second kappa shape index (κ2) is 8.43. The van der Waals surface area contributed by atoms with Crippen LogP contribution in [-0.2, 0) is 14.3 Å². The molecule has 1 heterocycles. The number of rotatable bonds is 3. The van der Waals surface area contributed by atoms with Crippen LogP contribution in [0.3, 0.4) is 0 Å². The van der Waals surface area contributed by atoms with E-state index in [1.165, 1.54) is 28.8 Å². The van der Waals surface area contributed by atoms with Crippen LogP contribution < -0.4 is 4.74 Å². The molecule has 0 bridgehead atoms. The summed E-state index contributed by atoms with van der Waals surface area (Å²) in [4.78, 5) is 38.8. The Morgan fingerprint density at radius 2 is 1.61 bits per heavy atom. The molecule has 0 spiro atoms. The van der Waals surface area contributed by atoms with E-state index in [9.17, 15) is 14.4 Å². The number of thioether (sulfide) groups is 1. The smallest absolute Gasteiger partial charge is 0.411 e. The minimum atomic E-state index is -0.786. The molecule has 0 radical (unpaired) electrons. The van der Waals surface area contributed by atoms with Gasteiger partial charge >= 0.3 is 18.0 Å². The fraction of sp³-hybridized carbons (Fsp3) is 0.550. The van der Waals surface area contributed by atoms with Crippen molar-refractivity contribution in [1.29, 1.82) is 0 Å². The molecule has 0 N–H and O–H groups in total. The average molecular weight is 410 g/mol. The molecule has 0 unspecified atom stereocenters. The predicted molar refractivity (Wildman–Crippen MR) is 106 cm³/mol. The second-order valence-electron chi connectivity index (χ2n) is 8.38. The molecule has 154 valence electrons. The van der Waals surface area contributed by atoms with Crippen LogP contribution in [-0.4, -0.2) is 51.8 Å². The van der Waals surface area contributed by atoms with Gasteiger partial charge in [-0.05, 0) is 53.7 Å². The van der Waals surface area contributed by atoms with E-state index in [0.717, 1.165) is 0 Å². The Labute approximate surface area is 169 Å². The minimum absolute atomic E-state index is 0.0998. The van der Waals surface area contributed by atoms with Gasteiger partial charge in [0, 0.05) is 5.75 Å². The molecule has 0 saturated carbocycles. The third-order valence-electron chi connectivity index (χ3n) is 3.50. The van der Waals surface area contributed by atoms with Gasteiger partial charge in [0.2, 0.25) is 0 Å². The first-order valence-corrected chi connectivity index (χ1v) is 10.1. The number of hydrogen-bond donors (Lipinski definition) is 0. The number of benzene rings is 1. The average Bonchev–Trinajstić information content (AvgIpc) is 3.02. The fourth-order valence-electron chi connectivity index (χ4n) is 2.37. The number of hydrogen-bond acceptors (Lipinski definition) is 7. The minimum Gasteiger partial charge on any atom is -0.456 e. The van der Waals surface area contributed by atoms with Crippen molar-refractivity contribution >= 4 is 29.8 Å². The number of carbonyl (C=O) groups excluding carboxylic acids is 3. The highest BCUT2D eigenvalue weighted by Crippen LogP contribution is 2.27. The van der Waals surface area contributed by atoms with Crippen molar-refractivity contribution in [1.82, 2.24) is 4.90 Å². The van der Waals surface area contributed by atoms with Gasteiger partial charge in [0.1, 0.15) is 28.6 Å². The molecular weight excluding hydrogens is 382 g/mol. The monoisotopic (exact) mass is 409 g/mol. The zero-order chi connectivity index (χ0) is 21.1. The Morgan fingerprint density at radius 1 is 1.00 bits per heavy atom. The molecule has 7 nitrogen and oxygen atoms in total. The molecule has 1 aromatic carbocycles. The summed E-state index contributed by atoms with van der Waals surface area (Å²) in [5, 5.41) is 0. The molecule has 1 atom stereocenters. The fourth-order valence-corrected chi connectivity index (χ4v) is 3.50. The van der Waals surface area contributed by atoms with Gasteiger partial charge in [-0.25, -0.2) is 14.4 Å². The summed E-state index contributed by atoms with van der Waals surface area (Å²) in [5.74, 6) is -0.370. The normalized spacial score (nSPS) is 17.2. The molecular formula is C20H27NO6S. The van der Waals surface area contributed by atoms with Gasteiger partial charge in [-0.15, -0.1) is 11.8 Å². The highest BCUT2D eigenvalue weighted by atomic mass is 32.2. The SMILES string of the molecule is CC(C)(C)OC(=O)c1ccccc1OC(=O)[C@@H]1CSCN1C(=O)OC(C)(C)C. The van der Waals surface area contributed by atoms with Crippen molar-refractivity contribution in [3.8, 4) is 5.75 Å². The lowest BCUT2D eigenvalue weighted by atomic mass is 10.1. The Balaban J connectivity index is 2.14. The van der Waals surface area contributed by atoms with Crippen LogP contribution in [0.15, 0.2) is 24.3 Å². The zero-order valence-corrected chi connectivity index (χ0v) is 17.9. The number of nitrogens with zero attached hydrogens (tertiary/aromatic N) is 1. The Kier molecular flexibility index (Phi) is 6.64. The van der Waals surface area contributed by atoms with Crippen LogP contribution in [0.4, 0.5) is 4.79 Å². The highest BCUT2D eigenvalue weighted by molar-refractivity contribution is 7.99. The Bertz CT molecular complexity index is 750. The van der Waals surface area contributed by atoms with E-state index in [2.05, 4.69) is 0 Å². The number of amides is 1. The molecule has 1 saturated heterocycles. The number of ether oxygens (including phenoxy) is 3. The van der Waals surface area contributed by atoms with Gasteiger partial charge in [0.25, 0.3) is 0 Å². The summed E-state index contributed by atoms with van der Waals surface area (Å²) >= 11 is 1.43. The van der Waals surface area contributed by atoms with Gasteiger partial charge in [0.05, 0.1) is 5.88 Å². The summed E-state index contributed by atoms with van der Waals surface area (Å²) in [5.41, 5.74) is -1.19. The number of carbonyl (C=O) groups is 3. The van der Waals surface area contributed by atoms with Crippen LogP contribution in [0.1, 0.15) is 51.9 Å². The first-order valence-electron chi connectivity index (χ1n) is 8.99. The maximum atomic E-state index is 12.7. The summed E-state index contributed by atoms with van der Waals surface area (Å²) < 4.78 is 16.2. The zero-order valence-electron chi connectivity index (χ0n) is 17.1. The molecule has 1 aromatic rings. The molecule has 28 heavy (non-hydrogen) atoms. The summed E-state index contributed by atoms with van der Waals surface area (Å²) in [6, 6.07) is 5.59. The molecule has 2 rings (SSSR count).